The summed E-state index contributed by atoms with van der Waals surface area (Å²) in [4.78, 5) is 0. The summed E-state index contributed by atoms with van der Waals surface area (Å²) < 4.78 is 4.99. The molecule has 0 aliphatic rings. The molecule has 0 aliphatic carbocycles. The molecule has 11 heavy (non-hydrogen) atoms. The van der Waals surface area contributed by atoms with Gasteiger partial charge < -0.3 is 10.1 Å². The molecule has 0 saturated carbocycles. The molecule has 0 bridgehead atoms. The van der Waals surface area contributed by atoms with Crippen molar-refractivity contribution >= 4 is 0 Å². The van der Waals surface area contributed by atoms with E-state index in [0.717, 1.165) is 6.61 Å². The van der Waals surface area contributed by atoms with Gasteiger partial charge in [-0.15, -0.1) is 0 Å². The van der Waals surface area contributed by atoms with E-state index < -0.39 is 0 Å². The molecule has 0 heterocycles. The molecule has 0 aromatic rings. The van der Waals surface area contributed by atoms with Crippen LogP contribution in [-0.2, 0) is 4.74 Å². The molecule has 1 N–H and O–H groups in total. The average Bonchev–Trinajstić information content (AvgIpc) is 2.03. The fourth-order valence-corrected chi connectivity index (χ4v) is 0.789. The standard InChI is InChI=1S/C7H17NO.C2H6/c1-6(2)7(8-3)5-9-4;1-2/h6-8H,5H2,1-4H3;1-2H3. The molecular weight excluding hydrogens is 138 g/mol. The van der Waals surface area contributed by atoms with E-state index in [-0.39, 0.29) is 0 Å². The molecule has 2 nitrogen and oxygen atoms in total. The monoisotopic (exact) mass is 161 g/mol. The van der Waals surface area contributed by atoms with Crippen LogP contribution >= 0.6 is 0 Å². The third-order valence-corrected chi connectivity index (χ3v) is 1.52. The van der Waals surface area contributed by atoms with Crippen LogP contribution < -0.4 is 5.32 Å². The lowest BCUT2D eigenvalue weighted by atomic mass is 10.1. The van der Waals surface area contributed by atoms with Crippen molar-refractivity contribution in [1.82, 2.24) is 5.32 Å². The summed E-state index contributed by atoms with van der Waals surface area (Å²) in [6, 6.07) is 0.495. The maximum absolute atomic E-state index is 4.99. The van der Waals surface area contributed by atoms with Crippen LogP contribution in [-0.4, -0.2) is 26.8 Å². The summed E-state index contributed by atoms with van der Waals surface area (Å²) in [5.41, 5.74) is 0. The van der Waals surface area contributed by atoms with E-state index >= 15 is 0 Å². The lowest BCUT2D eigenvalue weighted by Crippen LogP contribution is -2.34. The third-order valence-electron chi connectivity index (χ3n) is 1.52. The van der Waals surface area contributed by atoms with Gasteiger partial charge in [0, 0.05) is 13.2 Å². The minimum Gasteiger partial charge on any atom is -0.383 e. The van der Waals surface area contributed by atoms with Crippen LogP contribution in [0.3, 0.4) is 0 Å². The SMILES string of the molecule is CC.CNC(COC)C(C)C. The smallest absolute Gasteiger partial charge is 0.0618 e. The van der Waals surface area contributed by atoms with Crippen LogP contribution in [0.4, 0.5) is 0 Å². The van der Waals surface area contributed by atoms with Crippen LogP contribution in [0.15, 0.2) is 0 Å². The summed E-state index contributed by atoms with van der Waals surface area (Å²) in [5.74, 6) is 0.648. The lowest BCUT2D eigenvalue weighted by molar-refractivity contribution is 0.151. The molecule has 0 saturated heterocycles. The summed E-state index contributed by atoms with van der Waals surface area (Å²) >= 11 is 0. The van der Waals surface area contributed by atoms with Gasteiger partial charge in [-0.2, -0.15) is 0 Å². The highest BCUT2D eigenvalue weighted by atomic mass is 16.5. The average molecular weight is 161 g/mol. The molecule has 0 spiro atoms. The van der Waals surface area contributed by atoms with Crippen molar-refractivity contribution in [2.24, 2.45) is 5.92 Å². The van der Waals surface area contributed by atoms with E-state index in [1.165, 1.54) is 0 Å². The highest BCUT2D eigenvalue weighted by Gasteiger charge is 2.08. The number of methoxy groups -OCH3 is 1. The van der Waals surface area contributed by atoms with Crippen LogP contribution in [0.25, 0.3) is 0 Å². The van der Waals surface area contributed by atoms with Gasteiger partial charge in [0.05, 0.1) is 6.61 Å². The molecule has 0 radical (unpaired) electrons. The molecule has 0 amide bonds. The minimum absolute atomic E-state index is 0.495. The first-order chi connectivity index (χ1) is 5.22. The Labute approximate surface area is 71.3 Å². The van der Waals surface area contributed by atoms with Gasteiger partial charge in [0.15, 0.2) is 0 Å². The Kier molecular flexibility index (Phi) is 12.2. The predicted molar refractivity (Wildman–Crippen MR) is 50.9 cm³/mol. The van der Waals surface area contributed by atoms with Gasteiger partial charge in [-0.3, -0.25) is 0 Å². The van der Waals surface area contributed by atoms with Crippen molar-refractivity contribution in [1.29, 1.82) is 0 Å². The number of rotatable bonds is 4. The van der Waals surface area contributed by atoms with Crippen LogP contribution in [0, 0.1) is 5.92 Å². The van der Waals surface area contributed by atoms with Gasteiger partial charge in [-0.1, -0.05) is 27.7 Å². The molecule has 0 aliphatic heterocycles. The molecule has 70 valence electrons. The zero-order valence-corrected chi connectivity index (χ0v) is 8.77. The van der Waals surface area contributed by atoms with Gasteiger partial charge in [0.1, 0.15) is 0 Å². The summed E-state index contributed by atoms with van der Waals surface area (Å²) in [6.45, 7) is 9.16. The van der Waals surface area contributed by atoms with Crippen molar-refractivity contribution in [3.63, 3.8) is 0 Å². The van der Waals surface area contributed by atoms with Gasteiger partial charge >= 0.3 is 0 Å². The largest absolute Gasteiger partial charge is 0.383 e. The Bertz CT molecular complexity index is 64.6. The number of hydrogen-bond donors (Lipinski definition) is 1. The normalized spacial score (nSPS) is 12.3. The van der Waals surface area contributed by atoms with Gasteiger partial charge in [-0.05, 0) is 13.0 Å². The lowest BCUT2D eigenvalue weighted by Gasteiger charge is -2.18. The highest BCUT2D eigenvalue weighted by Crippen LogP contribution is 1.99. The van der Waals surface area contributed by atoms with E-state index in [9.17, 15) is 0 Å². The Morgan fingerprint density at radius 3 is 1.82 bits per heavy atom. The Morgan fingerprint density at radius 2 is 1.73 bits per heavy atom. The Morgan fingerprint density at radius 1 is 1.27 bits per heavy atom. The maximum Gasteiger partial charge on any atom is 0.0618 e. The summed E-state index contributed by atoms with van der Waals surface area (Å²) in [7, 11) is 3.69. The highest BCUT2D eigenvalue weighted by molar-refractivity contribution is 4.66. The first kappa shape index (κ1) is 13.5. The quantitative estimate of drug-likeness (QED) is 0.680. The first-order valence-electron chi connectivity index (χ1n) is 4.38. The van der Waals surface area contributed by atoms with Crippen LogP contribution in [0.2, 0.25) is 0 Å². The fraction of sp³-hybridized carbons (Fsp3) is 1.00. The molecule has 2 heteroatoms. The first-order valence-corrected chi connectivity index (χ1v) is 4.38. The summed E-state index contributed by atoms with van der Waals surface area (Å²) in [5, 5.41) is 3.18. The van der Waals surface area contributed by atoms with Gasteiger partial charge in [0.2, 0.25) is 0 Å². The molecular formula is C9H23NO. The van der Waals surface area contributed by atoms with Crippen molar-refractivity contribution in [3.8, 4) is 0 Å². The molecule has 1 unspecified atom stereocenters. The van der Waals surface area contributed by atoms with E-state index in [1.54, 1.807) is 7.11 Å². The topological polar surface area (TPSA) is 21.3 Å². The minimum atomic E-state index is 0.495. The zero-order chi connectivity index (χ0) is 9.28. The predicted octanol–water partition coefficient (Wildman–Crippen LogP) is 1.90. The molecule has 0 rings (SSSR count). The van der Waals surface area contributed by atoms with Crippen molar-refractivity contribution in [2.45, 2.75) is 33.7 Å². The van der Waals surface area contributed by atoms with E-state index in [4.69, 9.17) is 4.74 Å². The molecule has 0 fully saturated rings. The molecule has 0 aromatic carbocycles. The van der Waals surface area contributed by atoms with Crippen molar-refractivity contribution in [2.75, 3.05) is 20.8 Å². The second-order valence-corrected chi connectivity index (χ2v) is 2.59. The zero-order valence-electron chi connectivity index (χ0n) is 8.77. The molecule has 1 atom stereocenters. The number of likely N-dealkylation sites (N-methyl/N-ethyl adjacent to an activating group) is 1. The fourth-order valence-electron chi connectivity index (χ4n) is 0.789. The van der Waals surface area contributed by atoms with Crippen LogP contribution in [0.1, 0.15) is 27.7 Å². The third kappa shape index (κ3) is 7.82. The summed E-state index contributed by atoms with van der Waals surface area (Å²) in [6.07, 6.45) is 0. The van der Waals surface area contributed by atoms with Crippen molar-refractivity contribution in [3.05, 3.63) is 0 Å². The van der Waals surface area contributed by atoms with Crippen LogP contribution in [0.5, 0.6) is 0 Å². The number of hydrogen-bond acceptors (Lipinski definition) is 2. The van der Waals surface area contributed by atoms with Gasteiger partial charge in [-0.25, -0.2) is 0 Å². The second kappa shape index (κ2) is 9.92. The second-order valence-electron chi connectivity index (χ2n) is 2.59. The van der Waals surface area contributed by atoms with Crippen molar-refractivity contribution < 1.29 is 4.74 Å². The number of nitrogens with one attached hydrogen (secondary N) is 1. The Hall–Kier alpha value is -0.0800. The molecule has 0 aromatic heterocycles. The van der Waals surface area contributed by atoms with E-state index in [2.05, 4.69) is 19.2 Å². The van der Waals surface area contributed by atoms with E-state index in [0.29, 0.717) is 12.0 Å². The Balaban J connectivity index is 0. The number of ether oxygens (including phenoxy) is 1. The van der Waals surface area contributed by atoms with Gasteiger partial charge in [0.25, 0.3) is 0 Å². The maximum atomic E-state index is 4.99. The van der Waals surface area contributed by atoms with E-state index in [1.807, 2.05) is 20.9 Å².